The monoisotopic (exact) mass is 306 g/mol. The van der Waals surface area contributed by atoms with Crippen molar-refractivity contribution in [1.82, 2.24) is 0 Å². The van der Waals surface area contributed by atoms with Crippen LogP contribution in [0, 0.1) is 0 Å². The fourth-order valence-electron chi connectivity index (χ4n) is 1.59. The van der Waals surface area contributed by atoms with Crippen molar-refractivity contribution in [2.24, 2.45) is 5.73 Å². The molecule has 3 N–H and O–H groups in total. The molecule has 0 saturated carbocycles. The maximum Gasteiger partial charge on any atom is 0.247 e. The fraction of sp³-hybridized carbons (Fsp3) is 0.455. The second-order valence-corrected chi connectivity index (χ2v) is 8.58. The van der Waals surface area contributed by atoms with E-state index in [-0.39, 0.29) is 0 Å². The zero-order chi connectivity index (χ0) is 14.5. The molecule has 0 amide bonds. The summed E-state index contributed by atoms with van der Waals surface area (Å²) in [5.74, 6) is 0. The summed E-state index contributed by atoms with van der Waals surface area (Å²) in [6.45, 7) is 0.560. The molecular weight excluding hydrogens is 288 g/mol. The van der Waals surface area contributed by atoms with Crippen molar-refractivity contribution in [2.45, 2.75) is 12.8 Å². The van der Waals surface area contributed by atoms with Gasteiger partial charge in [-0.3, -0.25) is 4.72 Å². The van der Waals surface area contributed by atoms with E-state index in [4.69, 9.17) is 5.73 Å². The first-order valence-electron chi connectivity index (χ1n) is 5.69. The van der Waals surface area contributed by atoms with Gasteiger partial charge in [-0.15, -0.1) is 0 Å². The van der Waals surface area contributed by atoms with Crippen LogP contribution < -0.4 is 10.5 Å². The summed E-state index contributed by atoms with van der Waals surface area (Å²) >= 11 is 0. The third-order valence-corrected chi connectivity index (χ3v) is 5.74. The number of nitrogens with two attached hydrogens (primary N) is 1. The Morgan fingerprint density at radius 2 is 1.89 bits per heavy atom. The van der Waals surface area contributed by atoms with Crippen molar-refractivity contribution in [1.29, 1.82) is 0 Å². The second-order valence-electron chi connectivity index (χ2n) is 4.35. The lowest BCUT2D eigenvalue weighted by Crippen LogP contribution is -2.22. The smallest absolute Gasteiger partial charge is 0.247 e. The quantitative estimate of drug-likeness (QED) is 0.754. The summed E-state index contributed by atoms with van der Waals surface area (Å²) in [6.07, 6.45) is 2.43. The Hall–Kier alpha value is -1.12. The van der Waals surface area contributed by atoms with E-state index >= 15 is 0 Å². The van der Waals surface area contributed by atoms with Gasteiger partial charge in [0.25, 0.3) is 0 Å². The van der Waals surface area contributed by atoms with Crippen molar-refractivity contribution in [3.63, 3.8) is 0 Å². The van der Waals surface area contributed by atoms with Crippen molar-refractivity contribution in [2.75, 3.05) is 22.6 Å². The van der Waals surface area contributed by atoms with Crippen LogP contribution in [0.15, 0.2) is 24.3 Å². The molecule has 0 atom stereocenters. The predicted octanol–water partition coefficient (Wildman–Crippen LogP) is 0.322. The highest BCUT2D eigenvalue weighted by molar-refractivity contribution is 8.08. The minimum absolute atomic E-state index is 0.359. The number of aryl methyl sites for hydroxylation is 1. The average Bonchev–Trinajstić information content (AvgIpc) is 2.22. The maximum atomic E-state index is 11.6. The van der Waals surface area contributed by atoms with Gasteiger partial charge in [-0.05, 0) is 37.1 Å². The van der Waals surface area contributed by atoms with Gasteiger partial charge >= 0.3 is 0 Å². The minimum atomic E-state index is -3.89. The molecule has 8 heteroatoms. The molecule has 0 bridgehead atoms. The number of sulfone groups is 1. The van der Waals surface area contributed by atoms with E-state index in [1.54, 1.807) is 18.2 Å². The molecule has 19 heavy (non-hydrogen) atoms. The standard InChI is InChI=1S/C11H18N2O4S2/c1-18(14,15)9-19(16,17)13-11-6-2-4-10(8-11)5-3-7-12/h2,4,6,8,13H,3,5,7,9,12H2,1H3. The second kappa shape index (κ2) is 6.36. The van der Waals surface area contributed by atoms with Crippen molar-refractivity contribution in [3.8, 4) is 0 Å². The number of hydrogen-bond donors (Lipinski definition) is 2. The van der Waals surface area contributed by atoms with Crippen molar-refractivity contribution in [3.05, 3.63) is 29.8 Å². The van der Waals surface area contributed by atoms with Crippen molar-refractivity contribution < 1.29 is 16.8 Å². The number of rotatable bonds is 7. The number of nitrogens with one attached hydrogen (secondary N) is 1. The molecular formula is C11H18N2O4S2. The lowest BCUT2D eigenvalue weighted by Gasteiger charge is -2.08. The molecule has 0 aliphatic heterocycles. The van der Waals surface area contributed by atoms with Crippen LogP contribution in [0.5, 0.6) is 0 Å². The zero-order valence-corrected chi connectivity index (χ0v) is 12.3. The third kappa shape index (κ3) is 6.55. The van der Waals surface area contributed by atoms with Gasteiger partial charge in [-0.1, -0.05) is 12.1 Å². The Labute approximate surface area is 114 Å². The van der Waals surface area contributed by atoms with Crippen LogP contribution in [-0.4, -0.2) is 34.7 Å². The fourth-order valence-corrected chi connectivity index (χ4v) is 4.56. The molecule has 0 heterocycles. The molecule has 1 aromatic rings. The molecule has 0 spiro atoms. The van der Waals surface area contributed by atoms with E-state index < -0.39 is 24.9 Å². The number of sulfonamides is 1. The molecule has 0 aliphatic carbocycles. The summed E-state index contributed by atoms with van der Waals surface area (Å²) in [6, 6.07) is 6.83. The van der Waals surface area contributed by atoms with Gasteiger partial charge in [0.2, 0.25) is 10.0 Å². The van der Waals surface area contributed by atoms with Crippen LogP contribution in [0.1, 0.15) is 12.0 Å². The topological polar surface area (TPSA) is 106 Å². The molecule has 108 valence electrons. The van der Waals surface area contributed by atoms with Crippen LogP contribution in [-0.2, 0) is 26.3 Å². The summed E-state index contributed by atoms with van der Waals surface area (Å²) in [7, 11) is -7.49. The van der Waals surface area contributed by atoms with E-state index in [1.165, 1.54) is 0 Å². The van der Waals surface area contributed by atoms with Crippen molar-refractivity contribution >= 4 is 25.5 Å². The summed E-state index contributed by atoms with van der Waals surface area (Å²) < 4.78 is 47.5. The van der Waals surface area contributed by atoms with Gasteiger partial charge in [-0.2, -0.15) is 0 Å². The van der Waals surface area contributed by atoms with Gasteiger partial charge < -0.3 is 5.73 Å². The third-order valence-electron chi connectivity index (χ3n) is 2.24. The number of hydrogen-bond acceptors (Lipinski definition) is 5. The molecule has 1 rings (SSSR count). The Kier molecular flexibility index (Phi) is 5.33. The highest BCUT2D eigenvalue weighted by Crippen LogP contribution is 2.14. The highest BCUT2D eigenvalue weighted by Gasteiger charge is 2.18. The van der Waals surface area contributed by atoms with Crippen LogP contribution in [0.4, 0.5) is 5.69 Å². The Morgan fingerprint density at radius 1 is 1.21 bits per heavy atom. The summed E-state index contributed by atoms with van der Waals surface area (Å²) in [5.41, 5.74) is 6.72. The number of anilines is 1. The Bertz CT molecular complexity index is 624. The summed E-state index contributed by atoms with van der Waals surface area (Å²) in [4.78, 5) is 0. The molecule has 0 radical (unpaired) electrons. The van der Waals surface area contributed by atoms with Crippen LogP contribution in [0.2, 0.25) is 0 Å². The lowest BCUT2D eigenvalue weighted by molar-refractivity contribution is 0.595. The number of benzene rings is 1. The van der Waals surface area contributed by atoms with E-state index in [1.807, 2.05) is 6.07 Å². The summed E-state index contributed by atoms with van der Waals surface area (Å²) in [5, 5.41) is -0.924. The average molecular weight is 306 g/mol. The lowest BCUT2D eigenvalue weighted by atomic mass is 10.1. The highest BCUT2D eigenvalue weighted by atomic mass is 32.3. The molecule has 0 unspecified atom stereocenters. The Balaban J connectivity index is 2.82. The van der Waals surface area contributed by atoms with E-state index in [0.717, 1.165) is 24.7 Å². The molecule has 0 saturated heterocycles. The van der Waals surface area contributed by atoms with Crippen LogP contribution >= 0.6 is 0 Å². The molecule has 0 aliphatic rings. The molecule has 1 aromatic carbocycles. The normalized spacial score (nSPS) is 12.3. The first-order valence-corrected chi connectivity index (χ1v) is 9.40. The zero-order valence-electron chi connectivity index (χ0n) is 10.7. The first kappa shape index (κ1) is 15.9. The van der Waals surface area contributed by atoms with Gasteiger partial charge in [0.1, 0.15) is 0 Å². The largest absolute Gasteiger partial charge is 0.330 e. The molecule has 0 fully saturated rings. The van der Waals surface area contributed by atoms with Gasteiger partial charge in [0, 0.05) is 11.9 Å². The SMILES string of the molecule is CS(=O)(=O)CS(=O)(=O)Nc1cccc(CCCN)c1. The van der Waals surface area contributed by atoms with E-state index in [2.05, 4.69) is 4.72 Å². The van der Waals surface area contributed by atoms with E-state index in [0.29, 0.717) is 12.2 Å². The Morgan fingerprint density at radius 3 is 2.47 bits per heavy atom. The van der Waals surface area contributed by atoms with Crippen LogP contribution in [0.3, 0.4) is 0 Å². The predicted molar refractivity (Wildman–Crippen MR) is 76.1 cm³/mol. The first-order chi connectivity index (χ1) is 8.72. The van der Waals surface area contributed by atoms with Gasteiger partial charge in [0.15, 0.2) is 14.9 Å². The van der Waals surface area contributed by atoms with Crippen LogP contribution in [0.25, 0.3) is 0 Å². The molecule has 6 nitrogen and oxygen atoms in total. The molecule has 0 aromatic heterocycles. The minimum Gasteiger partial charge on any atom is -0.330 e. The maximum absolute atomic E-state index is 11.6. The van der Waals surface area contributed by atoms with Gasteiger partial charge in [0.05, 0.1) is 0 Å². The van der Waals surface area contributed by atoms with Gasteiger partial charge in [-0.25, -0.2) is 16.8 Å². The van der Waals surface area contributed by atoms with E-state index in [9.17, 15) is 16.8 Å².